The minimum absolute atomic E-state index is 0.144. The molecule has 0 spiro atoms. The molecule has 0 unspecified atom stereocenters. The van der Waals surface area contributed by atoms with Crippen LogP contribution >= 0.6 is 0 Å². The maximum atomic E-state index is 12.2. The zero-order valence-electron chi connectivity index (χ0n) is 12.6. The largest absolute Gasteiger partial charge is 0.326 e. The van der Waals surface area contributed by atoms with Gasteiger partial charge in [0.25, 0.3) is 0 Å². The lowest BCUT2D eigenvalue weighted by molar-refractivity contribution is -0.120. The molecule has 0 radical (unpaired) electrons. The number of amides is 1. The Kier molecular flexibility index (Phi) is 5.60. The predicted molar refractivity (Wildman–Crippen MR) is 83.9 cm³/mol. The van der Waals surface area contributed by atoms with Crippen molar-refractivity contribution in [3.63, 3.8) is 0 Å². The molecule has 0 saturated carbocycles. The molecule has 1 aliphatic heterocycles. The third-order valence-electron chi connectivity index (χ3n) is 4.03. The molecule has 2 rings (SSSR count). The van der Waals surface area contributed by atoms with Gasteiger partial charge >= 0.3 is 0 Å². The van der Waals surface area contributed by atoms with Gasteiger partial charge < -0.3 is 10.6 Å². The number of piperidine rings is 1. The van der Waals surface area contributed by atoms with Gasteiger partial charge in [0.2, 0.25) is 5.91 Å². The number of anilines is 1. The smallest absolute Gasteiger partial charge is 0.227 e. The number of carbonyl (C=O) groups excluding carboxylic acids is 1. The third-order valence-corrected chi connectivity index (χ3v) is 4.03. The SMILES string of the molecule is CCCCc1ccc(NC(=O)[C@H]2CCN[C@@H](C)C2)cc1. The molecule has 0 aliphatic carbocycles. The van der Waals surface area contributed by atoms with Crippen molar-refractivity contribution in [3.05, 3.63) is 29.8 Å². The van der Waals surface area contributed by atoms with Crippen molar-refractivity contribution in [2.45, 2.75) is 52.0 Å². The second-order valence-corrected chi connectivity index (χ2v) is 5.87. The van der Waals surface area contributed by atoms with Crippen molar-refractivity contribution in [2.24, 2.45) is 5.92 Å². The van der Waals surface area contributed by atoms with E-state index in [1.165, 1.54) is 18.4 Å². The molecule has 110 valence electrons. The molecule has 3 heteroatoms. The molecule has 1 aromatic carbocycles. The van der Waals surface area contributed by atoms with Crippen molar-refractivity contribution < 1.29 is 4.79 Å². The summed E-state index contributed by atoms with van der Waals surface area (Å²) in [7, 11) is 0. The van der Waals surface area contributed by atoms with Gasteiger partial charge in [0, 0.05) is 17.6 Å². The Balaban J connectivity index is 1.87. The standard InChI is InChI=1S/C17H26N2O/c1-3-4-5-14-6-8-16(9-7-14)19-17(20)15-10-11-18-13(2)12-15/h6-9,13,15,18H,3-5,10-12H2,1-2H3,(H,19,20)/t13-,15-/m0/s1. The summed E-state index contributed by atoms with van der Waals surface area (Å²) >= 11 is 0. The van der Waals surface area contributed by atoms with Crippen LogP contribution in [0, 0.1) is 5.92 Å². The van der Waals surface area contributed by atoms with Crippen molar-refractivity contribution in [1.82, 2.24) is 5.32 Å². The van der Waals surface area contributed by atoms with Crippen LogP contribution < -0.4 is 10.6 Å². The molecule has 1 aromatic rings. The average Bonchev–Trinajstić information content (AvgIpc) is 2.46. The minimum atomic E-state index is 0.144. The van der Waals surface area contributed by atoms with Crippen LogP contribution in [0.3, 0.4) is 0 Å². The minimum Gasteiger partial charge on any atom is -0.326 e. The van der Waals surface area contributed by atoms with Crippen LogP contribution in [0.5, 0.6) is 0 Å². The van der Waals surface area contributed by atoms with Crippen molar-refractivity contribution in [3.8, 4) is 0 Å². The third kappa shape index (κ3) is 4.34. The zero-order chi connectivity index (χ0) is 14.4. The first-order chi connectivity index (χ1) is 9.69. The Morgan fingerprint density at radius 1 is 1.35 bits per heavy atom. The molecule has 2 N–H and O–H groups in total. The van der Waals surface area contributed by atoms with Crippen LogP contribution in [0.1, 0.15) is 45.1 Å². The summed E-state index contributed by atoms with van der Waals surface area (Å²) in [5.41, 5.74) is 2.27. The maximum Gasteiger partial charge on any atom is 0.227 e. The van der Waals surface area contributed by atoms with Crippen LogP contribution in [0.2, 0.25) is 0 Å². The normalized spacial score (nSPS) is 22.5. The predicted octanol–water partition coefficient (Wildman–Crippen LogP) is 3.36. The first kappa shape index (κ1) is 15.0. The number of hydrogen-bond acceptors (Lipinski definition) is 2. The van der Waals surface area contributed by atoms with Crippen LogP contribution in [0.25, 0.3) is 0 Å². The first-order valence-corrected chi connectivity index (χ1v) is 7.82. The lowest BCUT2D eigenvalue weighted by Gasteiger charge is -2.27. The van der Waals surface area contributed by atoms with E-state index in [1.807, 2.05) is 12.1 Å². The van der Waals surface area contributed by atoms with Gasteiger partial charge in [-0.1, -0.05) is 25.5 Å². The van der Waals surface area contributed by atoms with Crippen molar-refractivity contribution in [2.75, 3.05) is 11.9 Å². The van der Waals surface area contributed by atoms with E-state index in [1.54, 1.807) is 0 Å². The molecular weight excluding hydrogens is 248 g/mol. The summed E-state index contributed by atoms with van der Waals surface area (Å²) in [4.78, 5) is 12.2. The number of unbranched alkanes of at least 4 members (excludes halogenated alkanes) is 1. The summed E-state index contributed by atoms with van der Waals surface area (Å²) in [5, 5.41) is 6.43. The van der Waals surface area contributed by atoms with E-state index in [2.05, 4.69) is 36.6 Å². The van der Waals surface area contributed by atoms with Crippen LogP contribution in [0.4, 0.5) is 5.69 Å². The Morgan fingerprint density at radius 2 is 2.10 bits per heavy atom. The van der Waals surface area contributed by atoms with Gasteiger partial charge in [-0.2, -0.15) is 0 Å². The summed E-state index contributed by atoms with van der Waals surface area (Å²) in [6.45, 7) is 5.28. The quantitative estimate of drug-likeness (QED) is 0.864. The van der Waals surface area contributed by atoms with Crippen LogP contribution in [0.15, 0.2) is 24.3 Å². The average molecular weight is 274 g/mol. The van der Waals surface area contributed by atoms with Gasteiger partial charge in [-0.3, -0.25) is 4.79 Å². The molecule has 0 bridgehead atoms. The molecule has 1 aliphatic rings. The Labute approximate surface area is 122 Å². The molecular formula is C17H26N2O. The van der Waals surface area contributed by atoms with Gasteiger partial charge in [-0.05, 0) is 56.8 Å². The fourth-order valence-corrected chi connectivity index (χ4v) is 2.75. The molecule has 1 fully saturated rings. The highest BCUT2D eigenvalue weighted by molar-refractivity contribution is 5.92. The zero-order valence-corrected chi connectivity index (χ0v) is 12.6. The summed E-state index contributed by atoms with van der Waals surface area (Å²) in [6.07, 6.45) is 5.42. The van der Waals surface area contributed by atoms with Gasteiger partial charge in [-0.25, -0.2) is 0 Å². The van der Waals surface area contributed by atoms with Crippen LogP contribution in [-0.2, 0) is 11.2 Å². The van der Waals surface area contributed by atoms with Gasteiger partial charge in [0.15, 0.2) is 0 Å². The maximum absolute atomic E-state index is 12.2. The summed E-state index contributed by atoms with van der Waals surface area (Å²) in [5.74, 6) is 0.311. The molecule has 2 atom stereocenters. The number of nitrogens with one attached hydrogen (secondary N) is 2. The number of hydrogen-bond donors (Lipinski definition) is 2. The molecule has 3 nitrogen and oxygen atoms in total. The Hall–Kier alpha value is -1.35. The second kappa shape index (κ2) is 7.44. The lowest BCUT2D eigenvalue weighted by atomic mass is 9.92. The molecule has 1 saturated heterocycles. The summed E-state index contributed by atoms with van der Waals surface area (Å²) in [6, 6.07) is 8.73. The monoisotopic (exact) mass is 274 g/mol. The van der Waals surface area contributed by atoms with E-state index in [-0.39, 0.29) is 11.8 Å². The van der Waals surface area contributed by atoms with E-state index in [9.17, 15) is 4.79 Å². The van der Waals surface area contributed by atoms with Gasteiger partial charge in [-0.15, -0.1) is 0 Å². The van der Waals surface area contributed by atoms with Crippen LogP contribution in [-0.4, -0.2) is 18.5 Å². The number of rotatable bonds is 5. The van der Waals surface area contributed by atoms with E-state index in [4.69, 9.17) is 0 Å². The lowest BCUT2D eigenvalue weighted by Crippen LogP contribution is -2.40. The van der Waals surface area contributed by atoms with Gasteiger partial charge in [0.05, 0.1) is 0 Å². The first-order valence-electron chi connectivity index (χ1n) is 7.82. The highest BCUT2D eigenvalue weighted by Gasteiger charge is 2.24. The Bertz CT molecular complexity index is 427. The highest BCUT2D eigenvalue weighted by Crippen LogP contribution is 2.19. The number of carbonyl (C=O) groups is 1. The van der Waals surface area contributed by atoms with Crippen molar-refractivity contribution in [1.29, 1.82) is 0 Å². The van der Waals surface area contributed by atoms with E-state index in [0.717, 1.165) is 31.5 Å². The second-order valence-electron chi connectivity index (χ2n) is 5.87. The highest BCUT2D eigenvalue weighted by atomic mass is 16.1. The molecule has 0 aromatic heterocycles. The van der Waals surface area contributed by atoms with E-state index >= 15 is 0 Å². The molecule has 1 heterocycles. The Morgan fingerprint density at radius 3 is 2.75 bits per heavy atom. The topological polar surface area (TPSA) is 41.1 Å². The van der Waals surface area contributed by atoms with Gasteiger partial charge in [0.1, 0.15) is 0 Å². The fraction of sp³-hybridized carbons (Fsp3) is 0.588. The molecule has 20 heavy (non-hydrogen) atoms. The van der Waals surface area contributed by atoms with E-state index in [0.29, 0.717) is 6.04 Å². The molecule has 1 amide bonds. The number of benzene rings is 1. The summed E-state index contributed by atoms with van der Waals surface area (Å²) < 4.78 is 0. The number of aryl methyl sites for hydroxylation is 1. The fourth-order valence-electron chi connectivity index (χ4n) is 2.75. The van der Waals surface area contributed by atoms with E-state index < -0.39 is 0 Å². The van der Waals surface area contributed by atoms with Crippen molar-refractivity contribution >= 4 is 11.6 Å².